The highest BCUT2D eigenvalue weighted by molar-refractivity contribution is 7.80. The molecular formula is C11H20N4O4S2. The highest BCUT2D eigenvalue weighted by Gasteiger charge is 2.23. The Bertz CT molecular complexity index is 394. The first-order valence-corrected chi connectivity index (χ1v) is 6.71. The van der Waals surface area contributed by atoms with Gasteiger partial charge in [-0.1, -0.05) is 12.2 Å². The Labute approximate surface area is 134 Å². The number of ether oxygens (including phenoxy) is 1. The minimum Gasteiger partial charge on any atom is -0.473 e. The molecule has 0 unspecified atom stereocenters. The van der Waals surface area contributed by atoms with Gasteiger partial charge in [-0.3, -0.25) is 24.6 Å². The van der Waals surface area contributed by atoms with Crippen LogP contribution >= 0.6 is 24.4 Å². The van der Waals surface area contributed by atoms with E-state index in [0.29, 0.717) is 0 Å². The summed E-state index contributed by atoms with van der Waals surface area (Å²) in [6.07, 6.45) is -0.373. The van der Waals surface area contributed by atoms with E-state index in [1.807, 2.05) is 0 Å². The number of hydrogen-bond donors (Lipinski definition) is 1. The summed E-state index contributed by atoms with van der Waals surface area (Å²) in [6.45, 7) is -0.359. The van der Waals surface area contributed by atoms with Gasteiger partial charge < -0.3 is 9.84 Å². The second-order valence-electron chi connectivity index (χ2n) is 4.08. The highest BCUT2D eigenvalue weighted by atomic mass is 32.1. The monoisotopic (exact) mass is 336 g/mol. The molecule has 0 aliphatic carbocycles. The number of likely N-dealkylation sites (N-methyl/N-ethyl adjacent to an activating group) is 1. The van der Waals surface area contributed by atoms with Crippen molar-refractivity contribution in [2.45, 2.75) is 6.42 Å². The average Bonchev–Trinajstić information content (AvgIpc) is 2.49. The molecule has 0 spiro atoms. The summed E-state index contributed by atoms with van der Waals surface area (Å²) in [6, 6.07) is 0. The number of carbonyl (C=O) groups is 2. The van der Waals surface area contributed by atoms with E-state index in [2.05, 4.69) is 0 Å². The second-order valence-corrected chi connectivity index (χ2v) is 4.90. The molecule has 120 valence electrons. The van der Waals surface area contributed by atoms with Crippen LogP contribution in [0.15, 0.2) is 0 Å². The predicted octanol–water partition coefficient (Wildman–Crippen LogP) is -0.762. The number of nitrogens with zero attached hydrogens (tertiary/aromatic N) is 4. The Morgan fingerprint density at radius 3 is 1.76 bits per heavy atom. The Morgan fingerprint density at radius 2 is 1.38 bits per heavy atom. The number of methoxy groups -OCH3 is 1. The number of aliphatic hydroxyl groups is 1. The molecule has 0 aliphatic heterocycles. The molecule has 0 aromatic rings. The van der Waals surface area contributed by atoms with Gasteiger partial charge in [0.05, 0.1) is 13.7 Å². The van der Waals surface area contributed by atoms with E-state index < -0.39 is 11.8 Å². The van der Waals surface area contributed by atoms with Crippen LogP contribution in [0.4, 0.5) is 0 Å². The average molecular weight is 336 g/mol. The van der Waals surface area contributed by atoms with Crippen molar-refractivity contribution in [3.05, 3.63) is 0 Å². The molecular weight excluding hydrogens is 316 g/mol. The lowest BCUT2D eigenvalue weighted by Crippen LogP contribution is -2.49. The van der Waals surface area contributed by atoms with Crippen LogP contribution in [0.25, 0.3) is 0 Å². The molecule has 0 heterocycles. The van der Waals surface area contributed by atoms with Gasteiger partial charge in [0, 0.05) is 28.2 Å². The molecule has 0 aromatic carbocycles. The van der Waals surface area contributed by atoms with Crippen LogP contribution in [0.5, 0.6) is 0 Å². The van der Waals surface area contributed by atoms with Gasteiger partial charge >= 0.3 is 0 Å². The quantitative estimate of drug-likeness (QED) is 0.409. The van der Waals surface area contributed by atoms with Gasteiger partial charge in [0.15, 0.2) is 0 Å². The number of hydrogen-bond acceptors (Lipinski definition) is 6. The number of amides is 2. The molecule has 0 radical (unpaired) electrons. The van der Waals surface area contributed by atoms with E-state index in [-0.39, 0.29) is 23.2 Å². The third-order valence-electron chi connectivity index (χ3n) is 2.86. The van der Waals surface area contributed by atoms with Crippen LogP contribution in [0.3, 0.4) is 0 Å². The number of thiocarbonyl (C=S) groups is 2. The fourth-order valence-electron chi connectivity index (χ4n) is 1.22. The third-order valence-corrected chi connectivity index (χ3v) is 3.68. The highest BCUT2D eigenvalue weighted by Crippen LogP contribution is 2.03. The zero-order chi connectivity index (χ0) is 16.7. The third kappa shape index (κ3) is 5.40. The molecule has 2 amide bonds. The molecule has 10 heteroatoms. The molecule has 8 nitrogen and oxygen atoms in total. The van der Waals surface area contributed by atoms with Crippen molar-refractivity contribution in [2.75, 3.05) is 41.9 Å². The first-order valence-electron chi connectivity index (χ1n) is 5.89. The molecule has 0 aliphatic rings. The fraction of sp³-hybridized carbons (Fsp3) is 0.636. The molecule has 0 saturated heterocycles. The van der Waals surface area contributed by atoms with Crippen molar-refractivity contribution < 1.29 is 19.4 Å². The van der Waals surface area contributed by atoms with Crippen LogP contribution in [0.1, 0.15) is 6.42 Å². The van der Waals surface area contributed by atoms with E-state index in [9.17, 15) is 9.59 Å². The fourth-order valence-corrected chi connectivity index (χ4v) is 1.46. The van der Waals surface area contributed by atoms with Crippen LogP contribution in [0, 0.1) is 0 Å². The predicted molar refractivity (Wildman–Crippen MR) is 85.0 cm³/mol. The normalized spacial score (nSPS) is 9.62. The van der Waals surface area contributed by atoms with Crippen LogP contribution in [-0.4, -0.2) is 89.0 Å². The maximum atomic E-state index is 12.0. The van der Waals surface area contributed by atoms with Crippen molar-refractivity contribution >= 4 is 46.4 Å². The first kappa shape index (κ1) is 19.5. The lowest BCUT2D eigenvalue weighted by atomic mass is 10.3. The van der Waals surface area contributed by atoms with E-state index in [4.69, 9.17) is 34.3 Å². The minimum absolute atomic E-state index is 0.102. The molecule has 0 rings (SSSR count). The molecule has 1 N–H and O–H groups in total. The van der Waals surface area contributed by atoms with E-state index in [0.717, 1.165) is 0 Å². The zero-order valence-corrected chi connectivity index (χ0v) is 14.3. The molecule has 0 aromatic heterocycles. The van der Waals surface area contributed by atoms with E-state index in [1.54, 1.807) is 7.05 Å². The summed E-state index contributed by atoms with van der Waals surface area (Å²) in [5.74, 6) is -0.932. The summed E-state index contributed by atoms with van der Waals surface area (Å²) in [5.41, 5.74) is 0. The van der Waals surface area contributed by atoms with Gasteiger partial charge in [0.25, 0.3) is 5.17 Å². The summed E-state index contributed by atoms with van der Waals surface area (Å²) in [4.78, 5) is 24.2. The van der Waals surface area contributed by atoms with Crippen molar-refractivity contribution in [3.63, 3.8) is 0 Å². The van der Waals surface area contributed by atoms with Crippen LogP contribution < -0.4 is 0 Å². The molecule has 0 bridgehead atoms. The maximum absolute atomic E-state index is 12.0. The second kappa shape index (κ2) is 8.70. The number of rotatable bonds is 3. The van der Waals surface area contributed by atoms with Gasteiger partial charge in [0.2, 0.25) is 11.8 Å². The summed E-state index contributed by atoms with van der Waals surface area (Å²) in [5, 5.41) is 14.0. The lowest BCUT2D eigenvalue weighted by Gasteiger charge is -2.32. The standard InChI is InChI=1S/C11H20N4O4S2/c1-12(14(3)10(20)7-16)8(17)6-9(18)13(2)15(4)11(21)19-5/h16H,6-7H2,1-5H3. The largest absolute Gasteiger partial charge is 0.473 e. The van der Waals surface area contributed by atoms with Gasteiger partial charge in [-0.2, -0.15) is 0 Å². The van der Waals surface area contributed by atoms with Crippen LogP contribution in [-0.2, 0) is 14.3 Å². The molecule has 21 heavy (non-hydrogen) atoms. The summed E-state index contributed by atoms with van der Waals surface area (Å²) < 4.78 is 4.83. The number of aliphatic hydroxyl groups excluding tert-OH is 1. The summed E-state index contributed by atoms with van der Waals surface area (Å²) in [7, 11) is 7.40. The summed E-state index contributed by atoms with van der Waals surface area (Å²) >= 11 is 9.77. The molecule has 0 atom stereocenters. The van der Waals surface area contributed by atoms with Gasteiger partial charge in [-0.25, -0.2) is 5.01 Å². The van der Waals surface area contributed by atoms with Gasteiger partial charge in [-0.05, 0) is 12.2 Å². The SMILES string of the molecule is COC(=S)N(C)N(C)C(=O)CC(=O)N(C)N(C)C(=S)CO. The van der Waals surface area contributed by atoms with Crippen LogP contribution in [0.2, 0.25) is 0 Å². The Hall–Kier alpha value is -1.52. The van der Waals surface area contributed by atoms with Crippen molar-refractivity contribution in [1.29, 1.82) is 0 Å². The van der Waals surface area contributed by atoms with Crippen molar-refractivity contribution in [2.24, 2.45) is 0 Å². The van der Waals surface area contributed by atoms with E-state index >= 15 is 0 Å². The van der Waals surface area contributed by atoms with Gasteiger partial charge in [-0.15, -0.1) is 0 Å². The minimum atomic E-state index is -0.470. The van der Waals surface area contributed by atoms with Crippen molar-refractivity contribution in [3.8, 4) is 0 Å². The molecule has 0 saturated carbocycles. The zero-order valence-electron chi connectivity index (χ0n) is 12.7. The first-order chi connectivity index (χ1) is 9.67. The Morgan fingerprint density at radius 1 is 0.952 bits per heavy atom. The number of hydrazine groups is 2. The smallest absolute Gasteiger partial charge is 0.278 e. The van der Waals surface area contributed by atoms with Crippen molar-refractivity contribution in [1.82, 2.24) is 20.0 Å². The topological polar surface area (TPSA) is 76.6 Å². The Balaban J connectivity index is 4.67. The molecule has 0 fully saturated rings. The number of carbonyl (C=O) groups excluding carboxylic acids is 2. The van der Waals surface area contributed by atoms with E-state index in [1.165, 1.54) is 48.3 Å². The lowest BCUT2D eigenvalue weighted by molar-refractivity contribution is -0.149. The Kier molecular flexibility index (Phi) is 8.07. The maximum Gasteiger partial charge on any atom is 0.278 e. The van der Waals surface area contributed by atoms with Gasteiger partial charge in [0.1, 0.15) is 11.4 Å².